The Kier molecular flexibility index (Phi) is 6.14. The molecule has 0 amide bonds. The number of para-hydroxylation sites is 1. The van der Waals surface area contributed by atoms with E-state index in [-0.39, 0.29) is 23.9 Å². The number of fused-ring (bicyclic) bond motifs is 1. The molecule has 0 radical (unpaired) electrons. The first-order chi connectivity index (χ1) is 13.1. The molecule has 0 spiro atoms. The first kappa shape index (κ1) is 19.0. The zero-order valence-electron chi connectivity index (χ0n) is 14.9. The fourth-order valence-electron chi connectivity index (χ4n) is 2.65. The lowest BCUT2D eigenvalue weighted by Crippen LogP contribution is -2.07. The number of carbonyl (C=O) groups is 2. The van der Waals surface area contributed by atoms with Gasteiger partial charge >= 0.3 is 5.97 Å². The number of carbonyl (C=O) groups excluding carboxylic acids is 2. The number of alkyl halides is 1. The number of Topliss-reactive ketones (excluding diaryl/α,β-unsaturated/α-hetero) is 1. The summed E-state index contributed by atoms with van der Waals surface area (Å²) in [6.45, 7) is 2.42. The van der Waals surface area contributed by atoms with Crippen LogP contribution in [0.5, 0.6) is 17.2 Å². The minimum atomic E-state index is -0.374. The number of ether oxygens (including phenoxy) is 3. The Morgan fingerprint density at radius 2 is 2.04 bits per heavy atom. The molecule has 5 nitrogen and oxygen atoms in total. The van der Waals surface area contributed by atoms with Crippen LogP contribution in [0, 0.1) is 0 Å². The van der Waals surface area contributed by atoms with Crippen LogP contribution in [0.3, 0.4) is 0 Å². The second-order valence-electron chi connectivity index (χ2n) is 5.84. The van der Waals surface area contributed by atoms with Crippen LogP contribution in [-0.2, 0) is 4.79 Å². The van der Waals surface area contributed by atoms with Gasteiger partial charge in [0.05, 0.1) is 12.2 Å². The molecular formula is C21H19ClO5. The second kappa shape index (κ2) is 8.73. The van der Waals surface area contributed by atoms with Crippen LogP contribution in [0.2, 0.25) is 0 Å². The van der Waals surface area contributed by atoms with Crippen molar-refractivity contribution in [1.82, 2.24) is 0 Å². The lowest BCUT2D eigenvalue weighted by molar-refractivity contribution is -0.134. The number of ketones is 1. The molecule has 0 saturated heterocycles. The Morgan fingerprint density at radius 3 is 2.81 bits per heavy atom. The van der Waals surface area contributed by atoms with E-state index in [4.69, 9.17) is 25.8 Å². The molecule has 1 aliphatic heterocycles. The van der Waals surface area contributed by atoms with Gasteiger partial charge in [-0.2, -0.15) is 0 Å². The molecule has 0 fully saturated rings. The van der Waals surface area contributed by atoms with Gasteiger partial charge in [0, 0.05) is 23.9 Å². The van der Waals surface area contributed by atoms with E-state index in [0.717, 1.165) is 5.56 Å². The molecule has 3 rings (SSSR count). The predicted molar refractivity (Wildman–Crippen MR) is 103 cm³/mol. The van der Waals surface area contributed by atoms with Crippen molar-refractivity contribution in [3.05, 3.63) is 59.4 Å². The molecule has 1 heterocycles. The first-order valence-electron chi connectivity index (χ1n) is 8.69. The quantitative estimate of drug-likeness (QED) is 0.300. The van der Waals surface area contributed by atoms with E-state index in [0.29, 0.717) is 41.7 Å². The van der Waals surface area contributed by atoms with E-state index in [9.17, 15) is 9.59 Å². The molecule has 0 bridgehead atoms. The maximum Gasteiger partial charge on any atom is 0.311 e. The molecule has 2 aromatic rings. The van der Waals surface area contributed by atoms with Crippen molar-refractivity contribution in [2.75, 3.05) is 12.5 Å². The summed E-state index contributed by atoms with van der Waals surface area (Å²) >= 11 is 5.57. The lowest BCUT2D eigenvalue weighted by atomic mass is 10.1. The predicted octanol–water partition coefficient (Wildman–Crippen LogP) is 4.63. The highest BCUT2D eigenvalue weighted by molar-refractivity contribution is 6.18. The van der Waals surface area contributed by atoms with Crippen molar-refractivity contribution in [3.8, 4) is 17.2 Å². The molecule has 140 valence electrons. The van der Waals surface area contributed by atoms with Gasteiger partial charge in [0.15, 0.2) is 5.76 Å². The van der Waals surface area contributed by atoms with Crippen LogP contribution in [0.4, 0.5) is 0 Å². The zero-order chi connectivity index (χ0) is 19.2. The van der Waals surface area contributed by atoms with Crippen molar-refractivity contribution < 1.29 is 23.8 Å². The first-order valence-corrected chi connectivity index (χ1v) is 9.22. The molecule has 0 saturated carbocycles. The molecule has 0 N–H and O–H groups in total. The molecule has 0 atom stereocenters. The average Bonchev–Trinajstić information content (AvgIpc) is 2.97. The lowest BCUT2D eigenvalue weighted by Gasteiger charge is -2.07. The molecule has 0 unspecified atom stereocenters. The summed E-state index contributed by atoms with van der Waals surface area (Å²) < 4.78 is 16.5. The third-order valence-corrected chi connectivity index (χ3v) is 4.16. The van der Waals surface area contributed by atoms with Crippen LogP contribution in [-0.4, -0.2) is 24.2 Å². The van der Waals surface area contributed by atoms with E-state index in [2.05, 4.69) is 0 Å². The van der Waals surface area contributed by atoms with Gasteiger partial charge in [0.1, 0.15) is 17.2 Å². The van der Waals surface area contributed by atoms with Crippen molar-refractivity contribution >= 4 is 29.4 Å². The largest absolute Gasteiger partial charge is 0.493 e. The average molecular weight is 387 g/mol. The van der Waals surface area contributed by atoms with Crippen molar-refractivity contribution in [1.29, 1.82) is 0 Å². The van der Waals surface area contributed by atoms with E-state index < -0.39 is 0 Å². The van der Waals surface area contributed by atoms with Crippen molar-refractivity contribution in [2.24, 2.45) is 0 Å². The number of hydrogen-bond acceptors (Lipinski definition) is 5. The van der Waals surface area contributed by atoms with Crippen molar-refractivity contribution in [2.45, 2.75) is 19.8 Å². The molecule has 0 aromatic heterocycles. The Morgan fingerprint density at radius 1 is 1.22 bits per heavy atom. The monoisotopic (exact) mass is 386 g/mol. The van der Waals surface area contributed by atoms with Crippen LogP contribution < -0.4 is 14.2 Å². The summed E-state index contributed by atoms with van der Waals surface area (Å²) in [6.07, 6.45) is 2.44. The number of esters is 1. The summed E-state index contributed by atoms with van der Waals surface area (Å²) in [5.74, 6) is 1.36. The summed E-state index contributed by atoms with van der Waals surface area (Å²) in [6, 6.07) is 12.1. The van der Waals surface area contributed by atoms with Gasteiger partial charge in [-0.1, -0.05) is 18.2 Å². The molecule has 6 heteroatoms. The van der Waals surface area contributed by atoms with E-state index >= 15 is 0 Å². The number of benzene rings is 2. The van der Waals surface area contributed by atoms with Crippen LogP contribution in [0.15, 0.2) is 48.2 Å². The molecule has 0 aliphatic carbocycles. The van der Waals surface area contributed by atoms with Gasteiger partial charge in [-0.05, 0) is 37.6 Å². The van der Waals surface area contributed by atoms with Gasteiger partial charge in [-0.3, -0.25) is 9.59 Å². The summed E-state index contributed by atoms with van der Waals surface area (Å²) in [4.78, 5) is 24.3. The standard InChI is InChI=1S/C21H19ClO5/c1-2-25-17-7-4-3-6-14(17)12-19-21(24)16-10-9-15(13-18(16)27-19)26-20(23)8-5-11-22/h3-4,6-7,9-10,12-13H,2,5,8,11H2,1H3/b19-12-. The molecule has 1 aliphatic rings. The third kappa shape index (κ3) is 4.49. The van der Waals surface area contributed by atoms with Gasteiger partial charge in [-0.25, -0.2) is 0 Å². The van der Waals surface area contributed by atoms with Gasteiger partial charge in [0.25, 0.3) is 0 Å². The Balaban J connectivity index is 1.80. The van der Waals surface area contributed by atoms with Crippen LogP contribution in [0.25, 0.3) is 6.08 Å². The highest BCUT2D eigenvalue weighted by Crippen LogP contribution is 2.35. The highest BCUT2D eigenvalue weighted by atomic mass is 35.5. The van der Waals surface area contributed by atoms with Crippen molar-refractivity contribution in [3.63, 3.8) is 0 Å². The summed E-state index contributed by atoms with van der Waals surface area (Å²) in [7, 11) is 0. The zero-order valence-corrected chi connectivity index (χ0v) is 15.6. The smallest absolute Gasteiger partial charge is 0.311 e. The van der Waals surface area contributed by atoms with Gasteiger partial charge in [-0.15, -0.1) is 11.6 Å². The minimum absolute atomic E-state index is 0.197. The Hall–Kier alpha value is -2.79. The molecule has 2 aromatic carbocycles. The maximum atomic E-state index is 12.6. The fraction of sp³-hybridized carbons (Fsp3) is 0.238. The van der Waals surface area contributed by atoms with E-state index in [1.807, 2.05) is 31.2 Å². The molecule has 27 heavy (non-hydrogen) atoms. The SMILES string of the molecule is CCOc1ccccc1/C=C1\Oc2cc(OC(=O)CCCCl)ccc2C1=O. The second-order valence-corrected chi connectivity index (χ2v) is 6.21. The number of halogens is 1. The third-order valence-electron chi connectivity index (χ3n) is 3.89. The molecular weight excluding hydrogens is 368 g/mol. The normalized spacial score (nSPS) is 14.0. The topological polar surface area (TPSA) is 61.8 Å². The van der Waals surface area contributed by atoms with Crippen LogP contribution >= 0.6 is 11.6 Å². The summed E-state index contributed by atoms with van der Waals surface area (Å²) in [5, 5.41) is 0. The Bertz CT molecular complexity index is 888. The minimum Gasteiger partial charge on any atom is -0.493 e. The highest BCUT2D eigenvalue weighted by Gasteiger charge is 2.28. The number of rotatable bonds is 7. The summed E-state index contributed by atoms with van der Waals surface area (Å²) in [5.41, 5.74) is 1.18. The fourth-order valence-corrected chi connectivity index (χ4v) is 2.79. The van der Waals surface area contributed by atoms with E-state index in [1.165, 1.54) is 0 Å². The Labute approximate surface area is 162 Å². The number of allylic oxidation sites excluding steroid dienone is 1. The number of hydrogen-bond donors (Lipinski definition) is 0. The van der Waals surface area contributed by atoms with Gasteiger partial charge in [0.2, 0.25) is 5.78 Å². The van der Waals surface area contributed by atoms with Crippen LogP contribution in [0.1, 0.15) is 35.7 Å². The maximum absolute atomic E-state index is 12.6. The van der Waals surface area contributed by atoms with E-state index in [1.54, 1.807) is 24.3 Å². The van der Waals surface area contributed by atoms with Gasteiger partial charge < -0.3 is 14.2 Å².